The van der Waals surface area contributed by atoms with Crippen molar-refractivity contribution in [2.24, 2.45) is 11.7 Å². The van der Waals surface area contributed by atoms with E-state index in [1.54, 1.807) is 6.92 Å². The summed E-state index contributed by atoms with van der Waals surface area (Å²) in [5.74, 6) is -1.23. The third-order valence-electron chi connectivity index (χ3n) is 6.16. The summed E-state index contributed by atoms with van der Waals surface area (Å²) < 4.78 is 16.7. The van der Waals surface area contributed by atoms with Crippen LogP contribution in [-0.4, -0.2) is 92.8 Å². The SMILES string of the molecule is COC12C(COC(N)=O)C3=C(C(=O)C(C)=C(OCCN(C)C)C3=O)N1CC1NC12. The van der Waals surface area contributed by atoms with E-state index >= 15 is 0 Å². The van der Waals surface area contributed by atoms with E-state index < -0.39 is 17.7 Å². The number of primary amides is 1. The van der Waals surface area contributed by atoms with E-state index in [0.717, 1.165) is 0 Å². The van der Waals surface area contributed by atoms with Gasteiger partial charge in [-0.3, -0.25) is 9.59 Å². The van der Waals surface area contributed by atoms with Crippen LogP contribution in [0.5, 0.6) is 0 Å². The van der Waals surface area contributed by atoms with Crippen LogP contribution in [0, 0.1) is 5.92 Å². The molecular formula is C19H26N4O6. The minimum atomic E-state index is -0.977. The molecule has 158 valence electrons. The number of amides is 1. The number of nitrogens with zero attached hydrogens (tertiary/aromatic N) is 2. The zero-order valence-corrected chi connectivity index (χ0v) is 17.0. The van der Waals surface area contributed by atoms with Crippen molar-refractivity contribution in [3.05, 3.63) is 22.6 Å². The van der Waals surface area contributed by atoms with Gasteiger partial charge in [0.25, 0.3) is 0 Å². The van der Waals surface area contributed by atoms with Gasteiger partial charge in [0, 0.05) is 37.4 Å². The van der Waals surface area contributed by atoms with Crippen molar-refractivity contribution in [3.63, 3.8) is 0 Å². The molecule has 29 heavy (non-hydrogen) atoms. The third kappa shape index (κ3) is 2.77. The van der Waals surface area contributed by atoms with E-state index in [9.17, 15) is 14.4 Å². The zero-order valence-electron chi connectivity index (χ0n) is 17.0. The zero-order chi connectivity index (χ0) is 21.1. The molecule has 0 aromatic carbocycles. The smallest absolute Gasteiger partial charge is 0.404 e. The van der Waals surface area contributed by atoms with E-state index in [2.05, 4.69) is 5.32 Å². The lowest BCUT2D eigenvalue weighted by molar-refractivity contribution is -0.137. The monoisotopic (exact) mass is 406 g/mol. The number of ketones is 2. The molecule has 0 bridgehead atoms. The Hall–Kier alpha value is -2.43. The van der Waals surface area contributed by atoms with Gasteiger partial charge in [-0.05, 0) is 21.0 Å². The van der Waals surface area contributed by atoms with Crippen LogP contribution in [0.2, 0.25) is 0 Å². The number of Topliss-reactive ketones (excluding diaryl/α,β-unsaturated/α-hetero) is 2. The predicted octanol–water partition coefficient (Wildman–Crippen LogP) is -1.03. The fraction of sp³-hybridized carbons (Fsp3) is 0.632. The first-order valence-electron chi connectivity index (χ1n) is 9.57. The van der Waals surface area contributed by atoms with Crippen molar-refractivity contribution in [1.29, 1.82) is 0 Å². The Bertz CT molecular complexity index is 850. The number of allylic oxidation sites excluding steroid dienone is 2. The van der Waals surface area contributed by atoms with Crippen LogP contribution < -0.4 is 11.1 Å². The van der Waals surface area contributed by atoms with E-state index in [0.29, 0.717) is 18.8 Å². The molecule has 2 fully saturated rings. The summed E-state index contributed by atoms with van der Waals surface area (Å²) in [5.41, 5.74) is 5.07. The summed E-state index contributed by atoms with van der Waals surface area (Å²) >= 11 is 0. The fourth-order valence-electron chi connectivity index (χ4n) is 4.77. The Labute approximate surface area is 168 Å². The Morgan fingerprint density at radius 2 is 2.07 bits per heavy atom. The molecule has 3 heterocycles. The van der Waals surface area contributed by atoms with Crippen molar-refractivity contribution in [3.8, 4) is 0 Å². The van der Waals surface area contributed by atoms with Crippen molar-refractivity contribution in [2.45, 2.75) is 24.7 Å². The summed E-state index contributed by atoms with van der Waals surface area (Å²) in [6.07, 6.45) is -0.945. The quantitative estimate of drug-likeness (QED) is 0.402. The highest BCUT2D eigenvalue weighted by Crippen LogP contribution is 2.55. The van der Waals surface area contributed by atoms with E-state index in [1.165, 1.54) is 7.11 Å². The molecule has 10 nitrogen and oxygen atoms in total. The molecule has 3 aliphatic heterocycles. The topological polar surface area (TPSA) is 133 Å². The molecule has 0 spiro atoms. The van der Waals surface area contributed by atoms with Crippen LogP contribution in [0.4, 0.5) is 4.79 Å². The van der Waals surface area contributed by atoms with Crippen molar-refractivity contribution in [1.82, 2.24) is 15.1 Å². The number of methoxy groups -OCH3 is 1. The summed E-state index contributed by atoms with van der Waals surface area (Å²) in [4.78, 5) is 41.7. The Morgan fingerprint density at radius 3 is 2.69 bits per heavy atom. The highest BCUT2D eigenvalue weighted by Gasteiger charge is 2.72. The number of fused-ring (bicyclic) bond motifs is 4. The molecule has 1 amide bonds. The Balaban J connectivity index is 1.71. The molecule has 0 aromatic heterocycles. The number of likely N-dealkylation sites (N-methyl/N-ethyl adjacent to an activating group) is 1. The van der Waals surface area contributed by atoms with Gasteiger partial charge >= 0.3 is 6.09 Å². The fourth-order valence-corrected chi connectivity index (χ4v) is 4.77. The second-order valence-electron chi connectivity index (χ2n) is 8.03. The highest BCUT2D eigenvalue weighted by molar-refractivity contribution is 6.25. The number of carbonyl (C=O) groups is 3. The number of nitrogens with two attached hydrogens (primary N) is 1. The van der Waals surface area contributed by atoms with E-state index in [1.807, 2.05) is 23.9 Å². The largest absolute Gasteiger partial charge is 0.488 e. The lowest BCUT2D eigenvalue weighted by Crippen LogP contribution is -2.55. The number of carbonyl (C=O) groups excluding carboxylic acids is 3. The lowest BCUT2D eigenvalue weighted by Gasteiger charge is -2.39. The molecule has 4 unspecified atom stereocenters. The maximum absolute atomic E-state index is 13.4. The van der Waals surface area contributed by atoms with Gasteiger partial charge in [0.05, 0.1) is 17.7 Å². The number of hydrogen-bond acceptors (Lipinski definition) is 9. The average Bonchev–Trinajstić information content (AvgIpc) is 3.27. The first kappa shape index (κ1) is 19.9. The molecule has 10 heteroatoms. The van der Waals surface area contributed by atoms with Gasteiger partial charge in [0.15, 0.2) is 11.5 Å². The van der Waals surface area contributed by atoms with Gasteiger partial charge in [-0.25, -0.2) is 4.79 Å². The first-order valence-corrected chi connectivity index (χ1v) is 9.57. The number of piperazine rings is 1. The van der Waals surface area contributed by atoms with Crippen LogP contribution in [0.3, 0.4) is 0 Å². The molecule has 4 aliphatic rings. The molecule has 4 atom stereocenters. The second kappa shape index (κ2) is 6.82. The molecular weight excluding hydrogens is 380 g/mol. The summed E-state index contributed by atoms with van der Waals surface area (Å²) in [6, 6.07) is 0.0867. The number of nitrogens with one attached hydrogen (secondary N) is 1. The predicted molar refractivity (Wildman–Crippen MR) is 100 cm³/mol. The number of hydrogen-bond donors (Lipinski definition) is 2. The molecule has 2 saturated heterocycles. The molecule has 0 radical (unpaired) electrons. The Morgan fingerprint density at radius 1 is 1.34 bits per heavy atom. The van der Waals surface area contributed by atoms with Gasteiger partial charge in [-0.15, -0.1) is 0 Å². The van der Waals surface area contributed by atoms with Crippen LogP contribution in [-0.2, 0) is 23.8 Å². The van der Waals surface area contributed by atoms with Crippen LogP contribution in [0.1, 0.15) is 6.92 Å². The number of ether oxygens (including phenoxy) is 3. The Kier molecular flexibility index (Phi) is 4.67. The van der Waals surface area contributed by atoms with Gasteiger partial charge in [0.1, 0.15) is 13.2 Å². The minimum Gasteiger partial charge on any atom is -0.488 e. The molecule has 1 aliphatic carbocycles. The maximum atomic E-state index is 13.4. The second-order valence-corrected chi connectivity index (χ2v) is 8.03. The van der Waals surface area contributed by atoms with Gasteiger partial charge in [0.2, 0.25) is 11.6 Å². The minimum absolute atomic E-state index is 0.0485. The summed E-state index contributed by atoms with van der Waals surface area (Å²) in [7, 11) is 5.32. The van der Waals surface area contributed by atoms with Crippen molar-refractivity contribution in [2.75, 3.05) is 47.5 Å². The average molecular weight is 406 g/mol. The van der Waals surface area contributed by atoms with Crippen LogP contribution in [0.15, 0.2) is 22.6 Å². The first-order chi connectivity index (χ1) is 13.7. The molecule has 0 saturated carbocycles. The van der Waals surface area contributed by atoms with Crippen LogP contribution in [0.25, 0.3) is 0 Å². The lowest BCUT2D eigenvalue weighted by atomic mass is 9.83. The molecule has 4 rings (SSSR count). The highest BCUT2D eigenvalue weighted by atomic mass is 16.6. The van der Waals surface area contributed by atoms with E-state index in [-0.39, 0.29) is 53.8 Å². The summed E-state index contributed by atoms with van der Waals surface area (Å²) in [6.45, 7) is 2.85. The van der Waals surface area contributed by atoms with Crippen molar-refractivity contribution >= 4 is 17.7 Å². The normalized spacial score (nSPS) is 32.6. The molecule has 0 aromatic rings. The van der Waals surface area contributed by atoms with Crippen LogP contribution >= 0.6 is 0 Å². The standard InChI is InChI=1S/C19H26N4O6/c1-9-14(24)13-12(15(25)16(9)28-6-5-22(2)3)10(8-29-18(20)26)19(27-4)17-11(21-17)7-23(13)19/h10-11,17,21H,5-8H2,1-4H3,(H2,20,26). The van der Waals surface area contributed by atoms with Gasteiger partial charge in [-0.2, -0.15) is 0 Å². The third-order valence-corrected chi connectivity index (χ3v) is 6.16. The number of rotatable bonds is 7. The van der Waals surface area contributed by atoms with E-state index in [4.69, 9.17) is 19.9 Å². The van der Waals surface area contributed by atoms with Crippen molar-refractivity contribution < 1.29 is 28.6 Å². The molecule has 3 N–H and O–H groups in total. The summed E-state index contributed by atoms with van der Waals surface area (Å²) in [5, 5.41) is 3.32. The maximum Gasteiger partial charge on any atom is 0.404 e. The van der Waals surface area contributed by atoms with Gasteiger partial charge < -0.3 is 35.1 Å². The van der Waals surface area contributed by atoms with Gasteiger partial charge in [-0.1, -0.05) is 0 Å².